The molecule has 1 N–H and O–H groups in total. The molecule has 0 aliphatic heterocycles. The van der Waals surface area contributed by atoms with Gasteiger partial charge in [0.15, 0.2) is 0 Å². The van der Waals surface area contributed by atoms with E-state index in [9.17, 15) is 4.79 Å². The Balaban J connectivity index is 2.40. The first-order valence-electron chi connectivity index (χ1n) is 6.14. The molecule has 5 heteroatoms. The van der Waals surface area contributed by atoms with Gasteiger partial charge in [-0.05, 0) is 45.4 Å². The van der Waals surface area contributed by atoms with Crippen molar-refractivity contribution in [3.8, 4) is 6.07 Å². The molecule has 1 aromatic carbocycles. The Morgan fingerprint density at radius 1 is 1.21 bits per heavy atom. The topological polar surface area (TPSA) is 59.4 Å². The largest absolute Gasteiger partial charge is 0.325 e. The molecule has 0 atom stereocenters. The standard InChI is InChI=1S/C14H20N4O/c1-17(2)8-9-18(3)11-14(19)16-13-6-4-12(10-15)5-7-13/h4-7H,8-9,11H2,1-3H3,(H,16,19). The van der Waals surface area contributed by atoms with Gasteiger partial charge in [-0.3, -0.25) is 9.69 Å². The van der Waals surface area contributed by atoms with Crippen LogP contribution in [0, 0.1) is 11.3 Å². The Labute approximate surface area is 114 Å². The number of carbonyl (C=O) groups excluding carboxylic acids is 1. The lowest BCUT2D eigenvalue weighted by Crippen LogP contribution is -2.34. The average Bonchev–Trinajstić information content (AvgIpc) is 2.37. The SMILES string of the molecule is CN(C)CCN(C)CC(=O)Nc1ccc(C#N)cc1. The Morgan fingerprint density at radius 2 is 1.84 bits per heavy atom. The van der Waals surface area contributed by atoms with Crippen molar-refractivity contribution in [2.75, 3.05) is 46.1 Å². The summed E-state index contributed by atoms with van der Waals surface area (Å²) in [5, 5.41) is 11.5. The number of nitrogens with zero attached hydrogens (tertiary/aromatic N) is 3. The molecule has 19 heavy (non-hydrogen) atoms. The number of amides is 1. The van der Waals surface area contributed by atoms with Crippen LogP contribution in [-0.2, 0) is 4.79 Å². The molecule has 0 unspecified atom stereocenters. The van der Waals surface area contributed by atoms with E-state index < -0.39 is 0 Å². The maximum atomic E-state index is 11.8. The lowest BCUT2D eigenvalue weighted by Gasteiger charge is -2.18. The Bertz CT molecular complexity index is 448. The molecule has 0 aliphatic rings. The third-order valence-electron chi connectivity index (χ3n) is 2.64. The summed E-state index contributed by atoms with van der Waals surface area (Å²) in [7, 11) is 5.93. The summed E-state index contributed by atoms with van der Waals surface area (Å²) in [4.78, 5) is 15.8. The second-order valence-corrected chi connectivity index (χ2v) is 4.78. The van der Waals surface area contributed by atoms with Crippen molar-refractivity contribution in [3.63, 3.8) is 0 Å². The number of hydrogen-bond donors (Lipinski definition) is 1. The highest BCUT2D eigenvalue weighted by Gasteiger charge is 2.07. The monoisotopic (exact) mass is 260 g/mol. The summed E-state index contributed by atoms with van der Waals surface area (Å²) in [6, 6.07) is 8.88. The molecule has 0 aromatic heterocycles. The molecule has 1 aromatic rings. The van der Waals surface area contributed by atoms with Crippen molar-refractivity contribution in [1.29, 1.82) is 5.26 Å². The number of carbonyl (C=O) groups is 1. The molecule has 0 bridgehead atoms. The van der Waals surface area contributed by atoms with E-state index in [2.05, 4.69) is 10.2 Å². The zero-order valence-corrected chi connectivity index (χ0v) is 11.7. The zero-order chi connectivity index (χ0) is 14.3. The Kier molecular flexibility index (Phi) is 6.00. The van der Waals surface area contributed by atoms with Gasteiger partial charge in [0, 0.05) is 18.8 Å². The fraction of sp³-hybridized carbons (Fsp3) is 0.429. The first kappa shape index (κ1) is 15.2. The molecule has 0 fully saturated rings. The summed E-state index contributed by atoms with van der Waals surface area (Å²) in [6.07, 6.45) is 0. The van der Waals surface area contributed by atoms with Crippen LogP contribution in [0.4, 0.5) is 5.69 Å². The van der Waals surface area contributed by atoms with Crippen molar-refractivity contribution < 1.29 is 4.79 Å². The Hall–Kier alpha value is -1.90. The summed E-state index contributed by atoms with van der Waals surface area (Å²) < 4.78 is 0. The highest BCUT2D eigenvalue weighted by atomic mass is 16.2. The lowest BCUT2D eigenvalue weighted by molar-refractivity contribution is -0.117. The minimum absolute atomic E-state index is 0.0500. The first-order chi connectivity index (χ1) is 9.01. The molecule has 0 saturated carbocycles. The second-order valence-electron chi connectivity index (χ2n) is 4.78. The highest BCUT2D eigenvalue weighted by molar-refractivity contribution is 5.92. The van der Waals surface area contributed by atoms with Gasteiger partial charge in [-0.15, -0.1) is 0 Å². The minimum atomic E-state index is -0.0500. The van der Waals surface area contributed by atoms with Crippen molar-refractivity contribution in [2.24, 2.45) is 0 Å². The van der Waals surface area contributed by atoms with Crippen LogP contribution >= 0.6 is 0 Å². The van der Waals surface area contributed by atoms with E-state index >= 15 is 0 Å². The zero-order valence-electron chi connectivity index (χ0n) is 11.7. The molecule has 102 valence electrons. The van der Waals surface area contributed by atoms with Gasteiger partial charge in [0.25, 0.3) is 0 Å². The molecule has 0 aliphatic carbocycles. The van der Waals surface area contributed by atoms with Crippen molar-refractivity contribution in [1.82, 2.24) is 9.80 Å². The minimum Gasteiger partial charge on any atom is -0.325 e. The van der Waals surface area contributed by atoms with Crippen LogP contribution in [0.15, 0.2) is 24.3 Å². The maximum absolute atomic E-state index is 11.8. The van der Waals surface area contributed by atoms with Gasteiger partial charge in [-0.1, -0.05) is 0 Å². The summed E-state index contributed by atoms with van der Waals surface area (Å²) in [6.45, 7) is 2.11. The van der Waals surface area contributed by atoms with Crippen LogP contribution in [0.5, 0.6) is 0 Å². The second kappa shape index (κ2) is 7.52. The number of nitrogens with one attached hydrogen (secondary N) is 1. The number of likely N-dealkylation sites (N-methyl/N-ethyl adjacent to an activating group) is 2. The van der Waals surface area contributed by atoms with E-state index in [4.69, 9.17) is 5.26 Å². The molecular weight excluding hydrogens is 240 g/mol. The van der Waals surface area contributed by atoms with Crippen molar-refractivity contribution >= 4 is 11.6 Å². The highest BCUT2D eigenvalue weighted by Crippen LogP contribution is 2.08. The van der Waals surface area contributed by atoms with E-state index in [1.165, 1.54) is 0 Å². The third kappa shape index (κ3) is 6.00. The molecule has 0 spiro atoms. The normalized spacial score (nSPS) is 10.5. The summed E-state index contributed by atoms with van der Waals surface area (Å²) >= 11 is 0. The van der Waals surface area contributed by atoms with Crippen LogP contribution in [0.2, 0.25) is 0 Å². The predicted octanol–water partition coefficient (Wildman–Crippen LogP) is 0.990. The van der Waals surface area contributed by atoms with Crippen LogP contribution in [0.25, 0.3) is 0 Å². The van der Waals surface area contributed by atoms with Gasteiger partial charge < -0.3 is 10.2 Å². The van der Waals surface area contributed by atoms with Crippen molar-refractivity contribution in [3.05, 3.63) is 29.8 Å². The first-order valence-corrected chi connectivity index (χ1v) is 6.14. The summed E-state index contributed by atoms with van der Waals surface area (Å²) in [5.74, 6) is -0.0500. The van der Waals surface area contributed by atoms with E-state index in [-0.39, 0.29) is 5.91 Å². The van der Waals surface area contributed by atoms with Gasteiger partial charge in [0.1, 0.15) is 0 Å². The van der Waals surface area contributed by atoms with Crippen LogP contribution in [0.1, 0.15) is 5.56 Å². The van der Waals surface area contributed by atoms with Gasteiger partial charge in [-0.25, -0.2) is 0 Å². The fourth-order valence-electron chi connectivity index (χ4n) is 1.52. The maximum Gasteiger partial charge on any atom is 0.238 e. The quantitative estimate of drug-likeness (QED) is 0.828. The van der Waals surface area contributed by atoms with E-state index in [0.29, 0.717) is 17.8 Å². The molecular formula is C14H20N4O. The lowest BCUT2D eigenvalue weighted by atomic mass is 10.2. The van der Waals surface area contributed by atoms with Gasteiger partial charge in [0.2, 0.25) is 5.91 Å². The molecule has 0 heterocycles. The van der Waals surface area contributed by atoms with Crippen molar-refractivity contribution in [2.45, 2.75) is 0 Å². The number of rotatable bonds is 6. The molecule has 0 radical (unpaired) electrons. The number of hydrogen-bond acceptors (Lipinski definition) is 4. The van der Waals surface area contributed by atoms with E-state index in [0.717, 1.165) is 13.1 Å². The van der Waals surface area contributed by atoms with Crippen LogP contribution in [0.3, 0.4) is 0 Å². The van der Waals surface area contributed by atoms with Gasteiger partial charge in [-0.2, -0.15) is 5.26 Å². The van der Waals surface area contributed by atoms with Gasteiger partial charge in [0.05, 0.1) is 18.2 Å². The molecule has 0 saturated heterocycles. The number of nitriles is 1. The van der Waals surface area contributed by atoms with E-state index in [1.807, 2.05) is 32.1 Å². The fourth-order valence-corrected chi connectivity index (χ4v) is 1.52. The van der Waals surface area contributed by atoms with Crippen LogP contribution < -0.4 is 5.32 Å². The average molecular weight is 260 g/mol. The molecule has 1 rings (SSSR count). The van der Waals surface area contributed by atoms with Crippen LogP contribution in [-0.4, -0.2) is 56.5 Å². The number of benzene rings is 1. The van der Waals surface area contributed by atoms with E-state index in [1.54, 1.807) is 24.3 Å². The Morgan fingerprint density at radius 3 is 2.37 bits per heavy atom. The smallest absolute Gasteiger partial charge is 0.238 e. The molecule has 5 nitrogen and oxygen atoms in total. The summed E-state index contributed by atoms with van der Waals surface area (Å²) in [5.41, 5.74) is 1.30. The third-order valence-corrected chi connectivity index (χ3v) is 2.64. The number of anilines is 1. The molecule has 1 amide bonds. The predicted molar refractivity (Wildman–Crippen MR) is 75.8 cm³/mol. The van der Waals surface area contributed by atoms with Gasteiger partial charge >= 0.3 is 0 Å².